The first-order valence-corrected chi connectivity index (χ1v) is 8.32. The van der Waals surface area contributed by atoms with Crippen molar-refractivity contribution in [3.8, 4) is 0 Å². The van der Waals surface area contributed by atoms with Crippen LogP contribution in [0.3, 0.4) is 0 Å². The summed E-state index contributed by atoms with van der Waals surface area (Å²) >= 11 is 0. The largest absolute Gasteiger partial charge is 0.480 e. The fraction of sp³-hybridized carbons (Fsp3) is 0.833. The lowest BCUT2D eigenvalue weighted by molar-refractivity contribution is -0.136. The van der Waals surface area contributed by atoms with Gasteiger partial charge in [0.15, 0.2) is 15.1 Å². The van der Waals surface area contributed by atoms with Gasteiger partial charge in [0.25, 0.3) is 0 Å². The number of carbonyl (C=O) groups excluding carboxylic acids is 1. The Bertz CT molecular complexity index is 423. The van der Waals surface area contributed by atoms with Gasteiger partial charge >= 0.3 is 5.97 Å². The zero-order chi connectivity index (χ0) is 14.5. The molecule has 6 nitrogen and oxygen atoms in total. The molecule has 0 bridgehead atoms. The summed E-state index contributed by atoms with van der Waals surface area (Å²) < 4.78 is 23.8. The van der Waals surface area contributed by atoms with Gasteiger partial charge < -0.3 is 10.0 Å². The third-order valence-corrected chi connectivity index (χ3v) is 5.41. The molecule has 0 saturated carbocycles. The van der Waals surface area contributed by atoms with Gasteiger partial charge in [-0.3, -0.25) is 9.59 Å². The van der Waals surface area contributed by atoms with Crippen LogP contribution in [0.4, 0.5) is 0 Å². The van der Waals surface area contributed by atoms with Crippen molar-refractivity contribution in [2.45, 2.75) is 44.3 Å². The van der Waals surface area contributed by atoms with Crippen molar-refractivity contribution in [3.05, 3.63) is 0 Å². The van der Waals surface area contributed by atoms with Crippen molar-refractivity contribution in [1.82, 2.24) is 4.90 Å². The van der Waals surface area contributed by atoms with Gasteiger partial charge in [0, 0.05) is 13.1 Å². The van der Waals surface area contributed by atoms with Gasteiger partial charge in [-0.25, -0.2) is 8.42 Å². The van der Waals surface area contributed by atoms with Crippen LogP contribution < -0.4 is 0 Å². The van der Waals surface area contributed by atoms with Crippen LogP contribution >= 0.6 is 0 Å². The Morgan fingerprint density at radius 2 is 1.68 bits per heavy atom. The second kappa shape index (κ2) is 6.88. The Morgan fingerprint density at radius 1 is 1.16 bits per heavy atom. The minimum atomic E-state index is -3.92. The summed E-state index contributed by atoms with van der Waals surface area (Å²) in [6.45, 7) is 2.63. The number of carboxylic acid groups (broad SMARTS) is 1. The second-order valence-corrected chi connectivity index (χ2v) is 7.02. The smallest absolute Gasteiger partial charge is 0.321 e. The first kappa shape index (κ1) is 15.9. The number of hydrogen-bond donors (Lipinski definition) is 1. The maximum Gasteiger partial charge on any atom is 0.321 e. The molecular formula is C12H21NO5S. The Hall–Kier alpha value is -1.11. The molecule has 0 radical (unpaired) electrons. The lowest BCUT2D eigenvalue weighted by Gasteiger charge is -2.21. The van der Waals surface area contributed by atoms with E-state index >= 15 is 0 Å². The Kier molecular flexibility index (Phi) is 5.78. The third-order valence-electron chi connectivity index (χ3n) is 3.36. The minimum absolute atomic E-state index is 0.0229. The summed E-state index contributed by atoms with van der Waals surface area (Å²) in [4.78, 5) is 24.4. The number of rotatable bonds is 5. The molecule has 0 aliphatic carbocycles. The van der Waals surface area contributed by atoms with Crippen LogP contribution in [0.25, 0.3) is 0 Å². The third kappa shape index (κ3) is 4.49. The second-order valence-electron chi connectivity index (χ2n) is 4.84. The first-order valence-electron chi connectivity index (χ1n) is 6.60. The summed E-state index contributed by atoms with van der Waals surface area (Å²) in [6, 6.07) is 0. The van der Waals surface area contributed by atoms with Gasteiger partial charge in [-0.2, -0.15) is 0 Å². The lowest BCUT2D eigenvalue weighted by atomic mass is 10.2. The number of aliphatic carboxylic acids is 1. The summed E-state index contributed by atoms with van der Waals surface area (Å²) in [5.41, 5.74) is 0. The molecule has 0 spiro atoms. The molecule has 0 aromatic rings. The van der Waals surface area contributed by atoms with Crippen molar-refractivity contribution in [1.29, 1.82) is 0 Å². The topological polar surface area (TPSA) is 91.7 Å². The first-order chi connectivity index (χ1) is 8.88. The normalized spacial score (nSPS) is 18.7. The van der Waals surface area contributed by atoms with E-state index in [1.165, 1.54) is 6.92 Å². The van der Waals surface area contributed by atoms with Gasteiger partial charge in [-0.15, -0.1) is 0 Å². The highest BCUT2D eigenvalue weighted by Gasteiger charge is 2.34. The van der Waals surface area contributed by atoms with Gasteiger partial charge in [0.1, 0.15) is 5.75 Å². The van der Waals surface area contributed by atoms with E-state index in [2.05, 4.69) is 0 Å². The molecule has 1 atom stereocenters. The number of sulfone groups is 1. The highest BCUT2D eigenvalue weighted by molar-refractivity contribution is 7.93. The predicted molar refractivity (Wildman–Crippen MR) is 70.5 cm³/mol. The van der Waals surface area contributed by atoms with E-state index in [0.717, 1.165) is 25.7 Å². The summed E-state index contributed by atoms with van der Waals surface area (Å²) in [5.74, 6) is -2.55. The van der Waals surface area contributed by atoms with Crippen LogP contribution in [-0.2, 0) is 19.4 Å². The Morgan fingerprint density at radius 3 is 2.11 bits per heavy atom. The minimum Gasteiger partial charge on any atom is -0.480 e. The molecule has 1 heterocycles. The van der Waals surface area contributed by atoms with Crippen LogP contribution in [0.15, 0.2) is 0 Å². The van der Waals surface area contributed by atoms with E-state index in [1.807, 2.05) is 0 Å². The number of likely N-dealkylation sites (tertiary alicyclic amines) is 1. The number of hydrogen-bond acceptors (Lipinski definition) is 4. The van der Waals surface area contributed by atoms with Gasteiger partial charge in [-0.1, -0.05) is 19.8 Å². The number of amides is 1. The summed E-state index contributed by atoms with van der Waals surface area (Å²) in [7, 11) is -3.92. The molecule has 7 heteroatoms. The Labute approximate surface area is 113 Å². The molecule has 0 aromatic carbocycles. The molecule has 1 fully saturated rings. The zero-order valence-corrected chi connectivity index (χ0v) is 12.0. The fourth-order valence-electron chi connectivity index (χ4n) is 2.27. The number of nitrogens with zero attached hydrogens (tertiary/aromatic N) is 1. The quantitative estimate of drug-likeness (QED) is 0.803. The molecule has 0 aromatic heterocycles. The van der Waals surface area contributed by atoms with Crippen molar-refractivity contribution in [2.75, 3.05) is 18.8 Å². The number of carboxylic acids is 1. The van der Waals surface area contributed by atoms with E-state index in [-0.39, 0.29) is 6.42 Å². The molecule has 1 N–H and O–H groups in total. The zero-order valence-electron chi connectivity index (χ0n) is 11.2. The standard InChI is InChI=1S/C12H21NO5S/c1-2-10(12(15)16)19(17,18)9-11(14)13-7-5-3-4-6-8-13/h10H,2-9H2,1H3,(H,15,16). The molecule has 110 valence electrons. The SMILES string of the molecule is CCC(C(=O)O)S(=O)(=O)CC(=O)N1CCCCCC1. The van der Waals surface area contributed by atoms with E-state index in [1.54, 1.807) is 4.90 Å². The van der Waals surface area contributed by atoms with E-state index in [9.17, 15) is 18.0 Å². The maximum atomic E-state index is 12.0. The monoisotopic (exact) mass is 291 g/mol. The summed E-state index contributed by atoms with van der Waals surface area (Å²) in [5, 5.41) is 7.39. The molecular weight excluding hydrogens is 270 g/mol. The molecule has 1 rings (SSSR count). The van der Waals surface area contributed by atoms with Crippen molar-refractivity contribution in [2.24, 2.45) is 0 Å². The van der Waals surface area contributed by atoms with Crippen molar-refractivity contribution >= 4 is 21.7 Å². The highest BCUT2D eigenvalue weighted by atomic mass is 32.2. The average molecular weight is 291 g/mol. The Balaban J connectivity index is 2.71. The van der Waals surface area contributed by atoms with E-state index < -0.39 is 32.7 Å². The molecule has 1 aliphatic rings. The molecule has 1 aliphatic heterocycles. The van der Waals surface area contributed by atoms with E-state index in [4.69, 9.17) is 5.11 Å². The van der Waals surface area contributed by atoms with Crippen molar-refractivity contribution < 1.29 is 23.1 Å². The van der Waals surface area contributed by atoms with Crippen molar-refractivity contribution in [3.63, 3.8) is 0 Å². The molecule has 1 saturated heterocycles. The van der Waals surface area contributed by atoms with Gasteiger partial charge in [-0.05, 0) is 19.3 Å². The van der Waals surface area contributed by atoms with Crippen LogP contribution in [-0.4, -0.2) is 54.4 Å². The average Bonchev–Trinajstić information content (AvgIpc) is 2.56. The van der Waals surface area contributed by atoms with Gasteiger partial charge in [0.2, 0.25) is 5.91 Å². The van der Waals surface area contributed by atoms with Crippen LogP contribution in [0.1, 0.15) is 39.0 Å². The van der Waals surface area contributed by atoms with Crippen LogP contribution in [0.5, 0.6) is 0 Å². The maximum absolute atomic E-state index is 12.0. The van der Waals surface area contributed by atoms with Gasteiger partial charge in [0.05, 0.1) is 0 Å². The fourth-order valence-corrected chi connectivity index (χ4v) is 3.81. The molecule has 1 amide bonds. The highest BCUT2D eigenvalue weighted by Crippen LogP contribution is 2.13. The van der Waals surface area contributed by atoms with Crippen LogP contribution in [0, 0.1) is 0 Å². The summed E-state index contributed by atoms with van der Waals surface area (Å²) in [6.07, 6.45) is 3.82. The predicted octanol–water partition coefficient (Wildman–Crippen LogP) is 0.667. The molecule has 19 heavy (non-hydrogen) atoms. The molecule has 1 unspecified atom stereocenters. The van der Waals surface area contributed by atoms with Crippen LogP contribution in [0.2, 0.25) is 0 Å². The number of carbonyl (C=O) groups is 2. The van der Waals surface area contributed by atoms with E-state index in [0.29, 0.717) is 13.1 Å². The lowest BCUT2D eigenvalue weighted by Crippen LogP contribution is -2.41.